The monoisotopic (exact) mass is 468 g/mol. The first-order valence-corrected chi connectivity index (χ1v) is 11.4. The Kier molecular flexibility index (Phi) is 9.10. The van der Waals surface area contributed by atoms with E-state index in [1.807, 2.05) is 30.3 Å². The molecule has 0 aliphatic heterocycles. The third kappa shape index (κ3) is 7.35. The number of nitrogens with zero attached hydrogens (tertiary/aromatic N) is 1. The number of rotatable bonds is 12. The number of methoxy groups -OCH3 is 2. The molecule has 0 aliphatic rings. The third-order valence-corrected chi connectivity index (χ3v) is 5.42. The Morgan fingerprint density at radius 2 is 1.71 bits per heavy atom. The second-order valence-corrected chi connectivity index (χ2v) is 8.67. The van der Waals surface area contributed by atoms with Crippen LogP contribution in [0.2, 0.25) is 0 Å². The average molecular weight is 469 g/mol. The first-order valence-electron chi connectivity index (χ1n) is 11.4. The number of halogens is 1. The molecule has 34 heavy (non-hydrogen) atoms. The van der Waals surface area contributed by atoms with Gasteiger partial charge in [0.2, 0.25) is 0 Å². The maximum atomic E-state index is 13.8. The highest BCUT2D eigenvalue weighted by Gasteiger charge is 2.16. The van der Waals surface area contributed by atoms with Crippen LogP contribution in [0.25, 0.3) is 0 Å². The molecule has 6 nitrogen and oxygen atoms in total. The molecule has 0 saturated heterocycles. The standard InChI is InChI=1S/C27H33FN2O4/c1-19(2)12-13-29-27(31)25-11-9-23(34-25)18-30(16-20-6-5-7-22(28)14-20)17-21-8-10-24(32-3)26(15-21)33-4/h5-11,14-15,19H,12-13,16-18H2,1-4H3,(H,29,31). The van der Waals surface area contributed by atoms with E-state index < -0.39 is 0 Å². The van der Waals surface area contributed by atoms with Crippen LogP contribution < -0.4 is 14.8 Å². The third-order valence-electron chi connectivity index (χ3n) is 5.42. The lowest BCUT2D eigenvalue weighted by Gasteiger charge is -2.22. The predicted octanol–water partition coefficient (Wildman–Crippen LogP) is 5.41. The number of hydrogen-bond donors (Lipinski definition) is 1. The molecule has 0 atom stereocenters. The molecule has 1 N–H and O–H groups in total. The lowest BCUT2D eigenvalue weighted by atomic mass is 10.1. The Balaban J connectivity index is 1.75. The molecule has 182 valence electrons. The zero-order valence-corrected chi connectivity index (χ0v) is 20.3. The molecule has 1 heterocycles. The number of amides is 1. The van der Waals surface area contributed by atoms with E-state index in [1.54, 1.807) is 26.4 Å². The summed E-state index contributed by atoms with van der Waals surface area (Å²) in [6.45, 7) is 6.35. The Morgan fingerprint density at radius 3 is 2.38 bits per heavy atom. The van der Waals surface area contributed by atoms with E-state index in [2.05, 4.69) is 24.1 Å². The highest BCUT2D eigenvalue weighted by molar-refractivity contribution is 5.91. The van der Waals surface area contributed by atoms with E-state index in [0.717, 1.165) is 17.5 Å². The van der Waals surface area contributed by atoms with Crippen LogP contribution in [0.3, 0.4) is 0 Å². The topological polar surface area (TPSA) is 63.9 Å². The Hall–Kier alpha value is -3.32. The zero-order valence-electron chi connectivity index (χ0n) is 20.3. The molecule has 3 aromatic rings. The van der Waals surface area contributed by atoms with E-state index in [4.69, 9.17) is 13.9 Å². The van der Waals surface area contributed by atoms with Gasteiger partial charge in [-0.15, -0.1) is 0 Å². The molecule has 1 aromatic heterocycles. The number of furan rings is 1. The van der Waals surface area contributed by atoms with Gasteiger partial charge in [0.05, 0.1) is 20.8 Å². The number of ether oxygens (including phenoxy) is 2. The maximum Gasteiger partial charge on any atom is 0.286 e. The van der Waals surface area contributed by atoms with Gasteiger partial charge < -0.3 is 19.2 Å². The predicted molar refractivity (Wildman–Crippen MR) is 129 cm³/mol. The van der Waals surface area contributed by atoms with Crippen LogP contribution in [0, 0.1) is 11.7 Å². The largest absolute Gasteiger partial charge is 0.493 e. The van der Waals surface area contributed by atoms with E-state index in [9.17, 15) is 9.18 Å². The molecular weight excluding hydrogens is 435 g/mol. The van der Waals surface area contributed by atoms with Crippen molar-refractivity contribution in [2.45, 2.75) is 39.9 Å². The van der Waals surface area contributed by atoms with Gasteiger partial charge in [0.25, 0.3) is 5.91 Å². The fourth-order valence-electron chi connectivity index (χ4n) is 3.67. The van der Waals surface area contributed by atoms with Crippen LogP contribution in [0.1, 0.15) is 47.7 Å². The van der Waals surface area contributed by atoms with Gasteiger partial charge >= 0.3 is 0 Å². The molecular formula is C27H33FN2O4. The summed E-state index contributed by atoms with van der Waals surface area (Å²) < 4.78 is 30.4. The summed E-state index contributed by atoms with van der Waals surface area (Å²) in [6.07, 6.45) is 0.909. The van der Waals surface area contributed by atoms with Crippen molar-refractivity contribution < 1.29 is 23.1 Å². The molecule has 7 heteroatoms. The van der Waals surface area contributed by atoms with Crippen LogP contribution in [-0.2, 0) is 19.6 Å². The van der Waals surface area contributed by atoms with Crippen molar-refractivity contribution in [3.05, 3.63) is 83.1 Å². The van der Waals surface area contributed by atoms with Gasteiger partial charge in [-0.05, 0) is 59.9 Å². The van der Waals surface area contributed by atoms with Crippen LogP contribution in [0.4, 0.5) is 4.39 Å². The van der Waals surface area contributed by atoms with Crippen LogP contribution in [0.5, 0.6) is 11.5 Å². The summed E-state index contributed by atoms with van der Waals surface area (Å²) in [5.74, 6) is 2.26. The molecule has 0 aliphatic carbocycles. The van der Waals surface area contributed by atoms with Gasteiger partial charge in [-0.25, -0.2) is 4.39 Å². The first-order chi connectivity index (χ1) is 16.4. The van der Waals surface area contributed by atoms with Crippen LogP contribution in [0.15, 0.2) is 59.0 Å². The van der Waals surface area contributed by atoms with Gasteiger partial charge in [0, 0.05) is 19.6 Å². The van der Waals surface area contributed by atoms with Crippen LogP contribution in [-0.4, -0.2) is 31.6 Å². The Labute approximate surface area is 200 Å². The second kappa shape index (κ2) is 12.2. The van der Waals surface area contributed by atoms with Crippen molar-refractivity contribution in [1.82, 2.24) is 10.2 Å². The van der Waals surface area contributed by atoms with Crippen LogP contribution >= 0.6 is 0 Å². The van der Waals surface area contributed by atoms with E-state index in [0.29, 0.717) is 49.4 Å². The number of carbonyl (C=O) groups is 1. The molecule has 0 saturated carbocycles. The lowest BCUT2D eigenvalue weighted by molar-refractivity contribution is 0.0919. The van der Waals surface area contributed by atoms with Crippen molar-refractivity contribution in [3.63, 3.8) is 0 Å². The Bertz CT molecular complexity index is 1080. The first kappa shape index (κ1) is 25.3. The van der Waals surface area contributed by atoms with Crippen molar-refractivity contribution in [2.75, 3.05) is 20.8 Å². The molecule has 0 spiro atoms. The Morgan fingerprint density at radius 1 is 0.971 bits per heavy atom. The summed E-state index contributed by atoms with van der Waals surface area (Å²) in [5, 5.41) is 2.89. The van der Waals surface area contributed by atoms with Gasteiger partial charge in [-0.2, -0.15) is 0 Å². The van der Waals surface area contributed by atoms with Crippen molar-refractivity contribution in [3.8, 4) is 11.5 Å². The van der Waals surface area contributed by atoms with Crippen molar-refractivity contribution >= 4 is 5.91 Å². The van der Waals surface area contributed by atoms with E-state index in [-0.39, 0.29) is 17.5 Å². The number of nitrogens with one attached hydrogen (secondary N) is 1. The normalized spacial score (nSPS) is 11.1. The second-order valence-electron chi connectivity index (χ2n) is 8.67. The minimum atomic E-state index is -0.276. The highest BCUT2D eigenvalue weighted by Crippen LogP contribution is 2.28. The average Bonchev–Trinajstić information content (AvgIpc) is 3.27. The SMILES string of the molecule is COc1ccc(CN(Cc2cccc(F)c2)Cc2ccc(C(=O)NCCC(C)C)o2)cc1OC. The smallest absolute Gasteiger partial charge is 0.286 e. The number of carbonyl (C=O) groups excluding carboxylic acids is 1. The van der Waals surface area contributed by atoms with Gasteiger partial charge in [0.1, 0.15) is 11.6 Å². The fraction of sp³-hybridized carbons (Fsp3) is 0.370. The van der Waals surface area contributed by atoms with Gasteiger partial charge in [0.15, 0.2) is 17.3 Å². The maximum absolute atomic E-state index is 13.8. The zero-order chi connectivity index (χ0) is 24.5. The summed E-state index contributed by atoms with van der Waals surface area (Å²) >= 11 is 0. The minimum Gasteiger partial charge on any atom is -0.493 e. The highest BCUT2D eigenvalue weighted by atomic mass is 19.1. The summed E-state index contributed by atoms with van der Waals surface area (Å²) in [5.41, 5.74) is 1.85. The molecule has 1 amide bonds. The van der Waals surface area contributed by atoms with Gasteiger partial charge in [-0.1, -0.05) is 32.0 Å². The number of benzene rings is 2. The molecule has 0 bridgehead atoms. The quantitative estimate of drug-likeness (QED) is 0.385. The summed E-state index contributed by atoms with van der Waals surface area (Å²) in [7, 11) is 3.20. The van der Waals surface area contributed by atoms with Crippen molar-refractivity contribution in [1.29, 1.82) is 0 Å². The summed E-state index contributed by atoms with van der Waals surface area (Å²) in [6, 6.07) is 15.8. The number of hydrogen-bond acceptors (Lipinski definition) is 5. The lowest BCUT2D eigenvalue weighted by Crippen LogP contribution is -2.25. The summed E-state index contributed by atoms with van der Waals surface area (Å²) in [4.78, 5) is 14.5. The van der Waals surface area contributed by atoms with Crippen molar-refractivity contribution in [2.24, 2.45) is 5.92 Å². The molecule has 0 unspecified atom stereocenters. The minimum absolute atomic E-state index is 0.219. The fourth-order valence-corrected chi connectivity index (χ4v) is 3.67. The molecule has 3 rings (SSSR count). The van der Waals surface area contributed by atoms with Gasteiger partial charge in [-0.3, -0.25) is 9.69 Å². The molecule has 0 radical (unpaired) electrons. The van der Waals surface area contributed by atoms with E-state index in [1.165, 1.54) is 12.1 Å². The molecule has 2 aromatic carbocycles. The van der Waals surface area contributed by atoms with E-state index >= 15 is 0 Å². The molecule has 0 fully saturated rings.